The number of nitrogens with zero attached hydrogens (tertiary/aromatic N) is 6. The molecule has 1 saturated heterocycles. The van der Waals surface area contributed by atoms with Gasteiger partial charge in [0, 0.05) is 37.3 Å². The third-order valence-corrected chi connectivity index (χ3v) is 7.39. The fourth-order valence-corrected chi connectivity index (χ4v) is 5.21. The van der Waals surface area contributed by atoms with Crippen molar-refractivity contribution in [3.63, 3.8) is 0 Å². The number of hydrogen-bond acceptors (Lipinski definition) is 7. The Morgan fingerprint density at radius 3 is 2.26 bits per heavy atom. The molecule has 1 N–H and O–H groups in total. The van der Waals surface area contributed by atoms with Crippen LogP contribution in [-0.4, -0.2) is 75.3 Å². The van der Waals surface area contributed by atoms with Gasteiger partial charge in [-0.05, 0) is 48.9 Å². The molecule has 1 aliphatic heterocycles. The maximum absolute atomic E-state index is 14.2. The second kappa shape index (κ2) is 13.1. The molecule has 2 aromatic carbocycles. The number of aliphatic hydroxyl groups is 1. The van der Waals surface area contributed by atoms with Gasteiger partial charge in [0.1, 0.15) is 11.3 Å². The third kappa shape index (κ3) is 6.23. The minimum absolute atomic E-state index is 0.0236. The van der Waals surface area contributed by atoms with Crippen molar-refractivity contribution in [3.8, 4) is 23.1 Å². The maximum atomic E-state index is 14.2. The number of nitriles is 1. The molecule has 0 saturated carbocycles. The van der Waals surface area contributed by atoms with E-state index in [1.54, 1.807) is 53.4 Å². The highest BCUT2D eigenvalue weighted by Gasteiger charge is 2.39. The summed E-state index contributed by atoms with van der Waals surface area (Å²) in [5.41, 5.74) is 0.606. The van der Waals surface area contributed by atoms with Crippen molar-refractivity contribution in [1.82, 2.24) is 24.4 Å². The first-order valence-electron chi connectivity index (χ1n) is 13.4. The lowest BCUT2D eigenvalue weighted by Crippen LogP contribution is -2.50. The first kappa shape index (κ1) is 31.2. The van der Waals surface area contributed by atoms with Gasteiger partial charge in [-0.3, -0.25) is 9.69 Å². The van der Waals surface area contributed by atoms with Gasteiger partial charge < -0.3 is 14.7 Å². The van der Waals surface area contributed by atoms with Crippen LogP contribution in [0.2, 0.25) is 0 Å². The Bertz CT molecular complexity index is 1620. The van der Waals surface area contributed by atoms with Crippen molar-refractivity contribution in [2.45, 2.75) is 19.1 Å². The zero-order valence-electron chi connectivity index (χ0n) is 23.8. The monoisotopic (exact) mass is 592 g/mol. The van der Waals surface area contributed by atoms with E-state index in [1.807, 2.05) is 4.90 Å². The van der Waals surface area contributed by atoms with Crippen LogP contribution in [0.15, 0.2) is 67.9 Å². The fourth-order valence-electron chi connectivity index (χ4n) is 5.21. The Balaban J connectivity index is 0.00000207. The molecule has 5 rings (SSSR count). The highest BCUT2D eigenvalue weighted by atomic mass is 19.4. The molecule has 224 valence electrons. The Morgan fingerprint density at radius 1 is 1.09 bits per heavy atom. The number of ether oxygens (including phenoxy) is 1. The minimum atomic E-state index is -4.74. The normalized spacial score (nSPS) is 14.5. The lowest BCUT2D eigenvalue weighted by atomic mass is 10.0. The van der Waals surface area contributed by atoms with Crippen molar-refractivity contribution in [1.29, 1.82) is 5.26 Å². The van der Waals surface area contributed by atoms with E-state index in [1.165, 1.54) is 14.0 Å². The van der Waals surface area contributed by atoms with Crippen molar-refractivity contribution >= 4 is 11.6 Å². The molecule has 1 amide bonds. The van der Waals surface area contributed by atoms with Gasteiger partial charge in [-0.2, -0.15) is 23.5 Å². The van der Waals surface area contributed by atoms with Crippen molar-refractivity contribution in [2.75, 3.05) is 39.9 Å². The van der Waals surface area contributed by atoms with E-state index in [9.17, 15) is 23.1 Å². The minimum Gasteiger partial charge on any atom is -0.497 e. The molecule has 43 heavy (non-hydrogen) atoms. The Hall–Kier alpha value is -4.73. The van der Waals surface area contributed by atoms with Gasteiger partial charge >= 0.3 is 6.18 Å². The van der Waals surface area contributed by atoms with Crippen LogP contribution in [0.3, 0.4) is 0 Å². The second-order valence-corrected chi connectivity index (χ2v) is 9.71. The Labute approximate surface area is 247 Å². The second-order valence-electron chi connectivity index (χ2n) is 9.71. The van der Waals surface area contributed by atoms with E-state index in [0.29, 0.717) is 47.6 Å². The number of methoxy groups -OCH3 is 1. The zero-order chi connectivity index (χ0) is 31.3. The topological polar surface area (TPSA) is 107 Å². The van der Waals surface area contributed by atoms with Gasteiger partial charge in [-0.25, -0.2) is 9.50 Å². The zero-order valence-corrected chi connectivity index (χ0v) is 23.8. The average Bonchev–Trinajstić information content (AvgIpc) is 3.45. The van der Waals surface area contributed by atoms with Crippen LogP contribution in [0, 0.1) is 18.3 Å². The average molecular weight is 593 g/mol. The molecule has 0 aliphatic carbocycles. The standard InChI is InChI=1S/C29H27F3N6O3.C2H4/c1-18-25(21-7-9-22(41-2)10-8-21)35-27-23(16-34-38(27)26(18)29(30,31)32)28(40)37-13-11-36(12-14-37)24(17-39)20-5-3-19(15-33)4-6-20;1-2/h3-10,16,24,39H,11-14,17H2,1-2H3;1-2H2/t24-;/m1./s1. The molecule has 0 unspecified atom stereocenters. The van der Waals surface area contributed by atoms with Crippen LogP contribution >= 0.6 is 0 Å². The number of carbonyl (C=O) groups excluding carboxylic acids is 1. The van der Waals surface area contributed by atoms with E-state index in [2.05, 4.69) is 29.3 Å². The van der Waals surface area contributed by atoms with Gasteiger partial charge in [0.2, 0.25) is 0 Å². The van der Waals surface area contributed by atoms with Crippen LogP contribution in [0.25, 0.3) is 16.9 Å². The molecule has 2 aromatic heterocycles. The molecular weight excluding hydrogens is 561 g/mol. The molecule has 9 nitrogen and oxygen atoms in total. The molecule has 1 aliphatic rings. The molecule has 3 heterocycles. The largest absolute Gasteiger partial charge is 0.497 e. The van der Waals surface area contributed by atoms with Crippen LogP contribution < -0.4 is 4.74 Å². The van der Waals surface area contributed by atoms with Gasteiger partial charge in [0.25, 0.3) is 5.91 Å². The summed E-state index contributed by atoms with van der Waals surface area (Å²) in [5.74, 6) is 0.0780. The molecular formula is C31H31F3N6O3. The summed E-state index contributed by atoms with van der Waals surface area (Å²) in [5, 5.41) is 23.0. The number of rotatable bonds is 6. The molecule has 1 atom stereocenters. The predicted molar refractivity (Wildman–Crippen MR) is 154 cm³/mol. The van der Waals surface area contributed by atoms with E-state index in [0.717, 1.165) is 11.8 Å². The van der Waals surface area contributed by atoms with Gasteiger partial charge in [-0.1, -0.05) is 12.1 Å². The summed E-state index contributed by atoms with van der Waals surface area (Å²) >= 11 is 0. The van der Waals surface area contributed by atoms with Gasteiger partial charge in [0.05, 0.1) is 43.3 Å². The lowest BCUT2D eigenvalue weighted by Gasteiger charge is -2.38. The highest BCUT2D eigenvalue weighted by molar-refractivity contribution is 6.00. The van der Waals surface area contributed by atoms with Crippen LogP contribution in [-0.2, 0) is 6.18 Å². The van der Waals surface area contributed by atoms with Crippen LogP contribution in [0.5, 0.6) is 5.75 Å². The summed E-state index contributed by atoms with van der Waals surface area (Å²) in [6.07, 6.45) is -3.61. The first-order chi connectivity index (χ1) is 20.7. The fraction of sp³-hybridized carbons (Fsp3) is 0.290. The summed E-state index contributed by atoms with van der Waals surface area (Å²) in [7, 11) is 1.49. The number of aromatic nitrogens is 3. The smallest absolute Gasteiger partial charge is 0.433 e. The maximum Gasteiger partial charge on any atom is 0.433 e. The molecule has 0 bridgehead atoms. The number of halogens is 3. The number of amides is 1. The number of aliphatic hydroxyl groups excluding tert-OH is 1. The Kier molecular flexibility index (Phi) is 9.48. The van der Waals surface area contributed by atoms with E-state index in [-0.39, 0.29) is 35.1 Å². The molecule has 0 radical (unpaired) electrons. The van der Waals surface area contributed by atoms with Crippen molar-refractivity contribution in [2.24, 2.45) is 0 Å². The highest BCUT2D eigenvalue weighted by Crippen LogP contribution is 2.37. The summed E-state index contributed by atoms with van der Waals surface area (Å²) in [6, 6.07) is 15.2. The van der Waals surface area contributed by atoms with E-state index < -0.39 is 17.8 Å². The number of piperazine rings is 1. The van der Waals surface area contributed by atoms with Gasteiger partial charge in [-0.15, -0.1) is 13.2 Å². The van der Waals surface area contributed by atoms with E-state index in [4.69, 9.17) is 10.00 Å². The molecule has 1 fully saturated rings. The van der Waals surface area contributed by atoms with Crippen LogP contribution in [0.1, 0.15) is 38.8 Å². The van der Waals surface area contributed by atoms with E-state index >= 15 is 0 Å². The summed E-state index contributed by atoms with van der Waals surface area (Å²) in [4.78, 5) is 21.7. The number of carbonyl (C=O) groups is 1. The Morgan fingerprint density at radius 2 is 1.72 bits per heavy atom. The molecule has 12 heteroatoms. The number of benzene rings is 2. The summed E-state index contributed by atoms with van der Waals surface area (Å²) < 4.78 is 48.6. The first-order valence-corrected chi connectivity index (χ1v) is 13.4. The molecule has 4 aromatic rings. The quantitative estimate of drug-likeness (QED) is 0.318. The SMILES string of the molecule is C=C.COc1ccc(-c2nc3c(C(=O)N4CCN([C@H](CO)c5ccc(C#N)cc5)CC4)cnn3c(C(F)(F)F)c2C)cc1. The third-order valence-electron chi connectivity index (χ3n) is 7.39. The number of hydrogen-bond donors (Lipinski definition) is 1. The van der Waals surface area contributed by atoms with Crippen molar-refractivity contribution < 1.29 is 27.8 Å². The number of alkyl halides is 3. The van der Waals surface area contributed by atoms with Crippen molar-refractivity contribution in [3.05, 3.63) is 95.8 Å². The molecule has 0 spiro atoms. The summed E-state index contributed by atoms with van der Waals surface area (Å²) in [6.45, 7) is 8.66. The van der Waals surface area contributed by atoms with Crippen LogP contribution in [0.4, 0.5) is 13.2 Å². The number of fused-ring (bicyclic) bond motifs is 1. The predicted octanol–water partition coefficient (Wildman–Crippen LogP) is 4.90. The van der Waals surface area contributed by atoms with Gasteiger partial charge in [0.15, 0.2) is 11.3 Å². The lowest BCUT2D eigenvalue weighted by molar-refractivity contribution is -0.143.